The highest BCUT2D eigenvalue weighted by Crippen LogP contribution is 2.57. The average Bonchev–Trinajstić information content (AvgIpc) is 2.72. The van der Waals surface area contributed by atoms with Crippen molar-refractivity contribution < 1.29 is 14.6 Å². The lowest BCUT2D eigenvalue weighted by atomic mass is 9.51. The zero-order chi connectivity index (χ0) is 20.6. The molecule has 0 saturated heterocycles. The molecule has 4 aliphatic carbocycles. The Labute approximate surface area is 179 Å². The number of methoxy groups -OCH3 is 1. The van der Waals surface area contributed by atoms with E-state index in [9.17, 15) is 5.11 Å². The molecule has 160 valence electrons. The summed E-state index contributed by atoms with van der Waals surface area (Å²) in [4.78, 5) is 0. The molecule has 2 atom stereocenters. The van der Waals surface area contributed by atoms with Crippen LogP contribution in [0.2, 0.25) is 0 Å². The lowest BCUT2D eigenvalue weighted by Gasteiger charge is -2.60. The number of hydrogen-bond donors (Lipinski definition) is 2. The van der Waals surface area contributed by atoms with Gasteiger partial charge in [0.1, 0.15) is 0 Å². The third kappa shape index (κ3) is 4.08. The Bertz CT molecular complexity index is 867. The van der Waals surface area contributed by atoms with E-state index in [2.05, 4.69) is 41.7 Å². The van der Waals surface area contributed by atoms with Crippen molar-refractivity contribution in [2.24, 2.45) is 11.8 Å². The minimum atomic E-state index is -0.425. The van der Waals surface area contributed by atoms with Crippen molar-refractivity contribution in [1.82, 2.24) is 5.32 Å². The molecule has 0 amide bonds. The summed E-state index contributed by atoms with van der Waals surface area (Å²) >= 11 is 0. The predicted octanol–water partition coefficient (Wildman–Crippen LogP) is 4.49. The molecule has 30 heavy (non-hydrogen) atoms. The maximum atomic E-state index is 11.0. The highest BCUT2D eigenvalue weighted by atomic mass is 16.5. The van der Waals surface area contributed by atoms with E-state index in [1.165, 1.54) is 30.4 Å². The molecule has 4 nitrogen and oxygen atoms in total. The summed E-state index contributed by atoms with van der Waals surface area (Å²) < 4.78 is 11.6. The van der Waals surface area contributed by atoms with Crippen LogP contribution in [0, 0.1) is 11.8 Å². The highest BCUT2D eigenvalue weighted by Gasteiger charge is 2.56. The van der Waals surface area contributed by atoms with Gasteiger partial charge in [-0.15, -0.1) is 0 Å². The smallest absolute Gasteiger partial charge is 0.161 e. The molecule has 4 bridgehead atoms. The Balaban J connectivity index is 1.21. The number of rotatable bonds is 8. The first-order valence-corrected chi connectivity index (χ1v) is 11.4. The lowest BCUT2D eigenvalue weighted by Crippen LogP contribution is -2.64. The van der Waals surface area contributed by atoms with Crippen LogP contribution in [0.5, 0.6) is 11.5 Å². The Kier molecular flexibility index (Phi) is 5.24. The van der Waals surface area contributed by atoms with Gasteiger partial charge < -0.3 is 19.9 Å². The Morgan fingerprint density at radius 1 is 0.967 bits per heavy atom. The van der Waals surface area contributed by atoms with E-state index in [0.29, 0.717) is 18.4 Å². The predicted molar refractivity (Wildman–Crippen MR) is 118 cm³/mol. The molecule has 0 spiro atoms. The summed E-state index contributed by atoms with van der Waals surface area (Å²) in [5.74, 6) is 2.96. The van der Waals surface area contributed by atoms with Gasteiger partial charge in [0.05, 0.1) is 19.3 Å². The highest BCUT2D eigenvalue weighted by molar-refractivity contribution is 5.43. The number of ether oxygens (including phenoxy) is 2. The van der Waals surface area contributed by atoms with Crippen molar-refractivity contribution in [2.45, 2.75) is 62.6 Å². The van der Waals surface area contributed by atoms with Crippen molar-refractivity contribution in [3.8, 4) is 11.5 Å². The van der Waals surface area contributed by atoms with Gasteiger partial charge in [-0.1, -0.05) is 36.4 Å². The lowest BCUT2D eigenvalue weighted by molar-refractivity contribution is -0.142. The first-order valence-electron chi connectivity index (χ1n) is 11.4. The van der Waals surface area contributed by atoms with E-state index < -0.39 is 5.60 Å². The summed E-state index contributed by atoms with van der Waals surface area (Å²) in [7, 11) is 1.70. The molecule has 4 saturated carbocycles. The maximum Gasteiger partial charge on any atom is 0.161 e. The van der Waals surface area contributed by atoms with E-state index in [-0.39, 0.29) is 5.54 Å². The van der Waals surface area contributed by atoms with Crippen LogP contribution in [0.4, 0.5) is 0 Å². The molecule has 2 aromatic rings. The zero-order valence-corrected chi connectivity index (χ0v) is 17.9. The van der Waals surface area contributed by atoms with Crippen molar-refractivity contribution in [1.29, 1.82) is 0 Å². The van der Waals surface area contributed by atoms with E-state index in [1.54, 1.807) is 7.11 Å². The third-order valence-electron chi connectivity index (χ3n) is 7.42. The largest absolute Gasteiger partial charge is 0.493 e. The second-order valence-corrected chi connectivity index (χ2v) is 9.89. The Hall–Kier alpha value is -2.04. The summed E-state index contributed by atoms with van der Waals surface area (Å²) in [6.45, 7) is 1.43. The zero-order valence-electron chi connectivity index (χ0n) is 17.9. The van der Waals surface area contributed by atoms with Gasteiger partial charge in [0, 0.05) is 18.5 Å². The van der Waals surface area contributed by atoms with E-state index in [4.69, 9.17) is 9.47 Å². The first kappa shape index (κ1) is 19.9. The van der Waals surface area contributed by atoms with Crippen LogP contribution in [0.1, 0.15) is 49.7 Å². The molecule has 2 N–H and O–H groups in total. The van der Waals surface area contributed by atoms with Gasteiger partial charge in [0.2, 0.25) is 0 Å². The van der Waals surface area contributed by atoms with Crippen LogP contribution in [0.3, 0.4) is 0 Å². The second kappa shape index (κ2) is 7.90. The van der Waals surface area contributed by atoms with E-state index in [1.807, 2.05) is 12.1 Å². The monoisotopic (exact) mass is 407 g/mol. The van der Waals surface area contributed by atoms with Gasteiger partial charge in [-0.3, -0.25) is 0 Å². The molecule has 2 unspecified atom stereocenters. The van der Waals surface area contributed by atoms with Crippen molar-refractivity contribution in [3.63, 3.8) is 0 Å². The molecular formula is C26H33NO3. The maximum absolute atomic E-state index is 11.0. The summed E-state index contributed by atoms with van der Waals surface area (Å²) in [5, 5.41) is 14.8. The quantitative estimate of drug-likeness (QED) is 0.677. The number of nitrogens with one attached hydrogen (secondary N) is 1. The number of aliphatic hydroxyl groups is 1. The molecule has 2 aromatic carbocycles. The molecular weight excluding hydrogens is 374 g/mol. The standard InChI is InChI=1S/C26H33NO3/c1-29-24-12-20(7-8-23(24)30-10-9-19-5-3-2-4-6-19)17-27-25-13-21-11-22(14-25)16-26(28,15-21)18-25/h2-8,12,21-22,27-28H,9-11,13-18H2,1H3. The van der Waals surface area contributed by atoms with Crippen molar-refractivity contribution in [2.75, 3.05) is 13.7 Å². The van der Waals surface area contributed by atoms with Crippen LogP contribution in [0.15, 0.2) is 48.5 Å². The molecule has 6 rings (SSSR count). The van der Waals surface area contributed by atoms with Gasteiger partial charge >= 0.3 is 0 Å². The second-order valence-electron chi connectivity index (χ2n) is 9.89. The summed E-state index contributed by atoms with van der Waals surface area (Å²) in [6.07, 6.45) is 7.54. The third-order valence-corrected chi connectivity index (χ3v) is 7.42. The van der Waals surface area contributed by atoms with Crippen LogP contribution in [-0.2, 0) is 13.0 Å². The van der Waals surface area contributed by atoms with Gasteiger partial charge in [0.25, 0.3) is 0 Å². The minimum absolute atomic E-state index is 0.108. The SMILES string of the molecule is COc1cc(CNC23CC4CC(CC(O)(C4)C2)C3)ccc1OCCc1ccccc1. The normalized spacial score (nSPS) is 31.7. The first-order chi connectivity index (χ1) is 14.5. The fourth-order valence-corrected chi connectivity index (χ4v) is 6.58. The molecule has 4 fully saturated rings. The molecule has 0 radical (unpaired) electrons. The van der Waals surface area contributed by atoms with Gasteiger partial charge in [-0.2, -0.15) is 0 Å². The van der Waals surface area contributed by atoms with Gasteiger partial charge in [-0.05, 0) is 73.6 Å². The number of hydrogen-bond acceptors (Lipinski definition) is 4. The molecule has 4 heteroatoms. The number of benzene rings is 2. The van der Waals surface area contributed by atoms with Crippen LogP contribution in [-0.4, -0.2) is 30.0 Å². The topological polar surface area (TPSA) is 50.7 Å². The Morgan fingerprint density at radius 2 is 1.73 bits per heavy atom. The summed E-state index contributed by atoms with van der Waals surface area (Å²) in [6, 6.07) is 16.6. The average molecular weight is 408 g/mol. The molecule has 0 heterocycles. The molecule has 4 aliphatic rings. The van der Waals surface area contributed by atoms with E-state index >= 15 is 0 Å². The fourth-order valence-electron chi connectivity index (χ4n) is 6.58. The fraction of sp³-hybridized carbons (Fsp3) is 0.538. The van der Waals surface area contributed by atoms with Gasteiger partial charge in [-0.25, -0.2) is 0 Å². The van der Waals surface area contributed by atoms with Crippen LogP contribution < -0.4 is 14.8 Å². The summed E-state index contributed by atoms with van der Waals surface area (Å²) in [5.41, 5.74) is 2.15. The minimum Gasteiger partial charge on any atom is -0.493 e. The van der Waals surface area contributed by atoms with Crippen molar-refractivity contribution in [3.05, 3.63) is 59.7 Å². The molecule has 0 aliphatic heterocycles. The molecule has 0 aromatic heterocycles. The van der Waals surface area contributed by atoms with Crippen LogP contribution in [0.25, 0.3) is 0 Å². The van der Waals surface area contributed by atoms with Crippen molar-refractivity contribution >= 4 is 0 Å². The van der Waals surface area contributed by atoms with Crippen LogP contribution >= 0.6 is 0 Å². The van der Waals surface area contributed by atoms with Gasteiger partial charge in [0.15, 0.2) is 11.5 Å². The van der Waals surface area contributed by atoms with E-state index in [0.717, 1.165) is 43.7 Å². The Morgan fingerprint density at radius 3 is 2.43 bits per heavy atom.